The number of ether oxygens (including phenoxy) is 1. The van der Waals surface area contributed by atoms with E-state index in [1.165, 1.54) is 4.85 Å². The van der Waals surface area contributed by atoms with Gasteiger partial charge >= 0.3 is 5.97 Å². The van der Waals surface area contributed by atoms with Crippen molar-refractivity contribution in [1.82, 2.24) is 9.94 Å². The minimum atomic E-state index is -0.304. The molecule has 7 heteroatoms. The van der Waals surface area contributed by atoms with Crippen LogP contribution in [0.1, 0.15) is 12.0 Å². The first-order valence-corrected chi connectivity index (χ1v) is 6.11. The highest BCUT2D eigenvalue weighted by Crippen LogP contribution is 2.17. The molecule has 7 nitrogen and oxygen atoms in total. The van der Waals surface area contributed by atoms with Crippen molar-refractivity contribution in [2.45, 2.75) is 12.8 Å². The number of hydrogen-bond acceptors (Lipinski definition) is 6. The number of fused-ring (bicyclic) bond motifs is 1. The Morgan fingerprint density at radius 3 is 3.10 bits per heavy atom. The third-order valence-corrected chi connectivity index (χ3v) is 2.93. The van der Waals surface area contributed by atoms with Crippen LogP contribution in [0.25, 0.3) is 10.9 Å². The third-order valence-electron chi connectivity index (χ3n) is 2.93. The Hall–Kier alpha value is -2.41. The summed E-state index contributed by atoms with van der Waals surface area (Å²) in [5.41, 5.74) is 2.63. The van der Waals surface area contributed by atoms with Crippen molar-refractivity contribution in [3.8, 4) is 0 Å². The highest BCUT2D eigenvalue weighted by molar-refractivity contribution is 6.02. The molecule has 3 rings (SSSR count). The minimum Gasteiger partial charge on any atom is -0.367 e. The monoisotopic (exact) mass is 275 g/mol. The van der Waals surface area contributed by atoms with E-state index in [-0.39, 0.29) is 19.2 Å². The smallest absolute Gasteiger partial charge is 0.340 e. The summed E-state index contributed by atoms with van der Waals surface area (Å²) in [4.78, 5) is 22.3. The fourth-order valence-electron chi connectivity index (χ4n) is 2.05. The minimum absolute atomic E-state index is 0.134. The Morgan fingerprint density at radius 2 is 2.35 bits per heavy atom. The molecule has 0 amide bonds. The molecule has 2 aromatic rings. The number of benzene rings is 1. The Bertz CT molecular complexity index is 677. The predicted molar refractivity (Wildman–Crippen MR) is 70.0 cm³/mol. The van der Waals surface area contributed by atoms with Gasteiger partial charge in [0.15, 0.2) is 0 Å². The summed E-state index contributed by atoms with van der Waals surface area (Å²) in [6, 6.07) is 5.84. The van der Waals surface area contributed by atoms with Crippen molar-refractivity contribution in [1.29, 1.82) is 0 Å². The molecule has 0 radical (unpaired) electrons. The zero-order chi connectivity index (χ0) is 13.9. The van der Waals surface area contributed by atoms with Crippen molar-refractivity contribution < 1.29 is 19.2 Å². The van der Waals surface area contributed by atoms with Gasteiger partial charge in [0, 0.05) is 18.9 Å². The Balaban J connectivity index is 1.79. The molecule has 0 unspecified atom stereocenters. The van der Waals surface area contributed by atoms with Gasteiger partial charge in [-0.1, -0.05) is 16.1 Å². The molecule has 0 N–H and O–H groups in total. The highest BCUT2D eigenvalue weighted by Gasteiger charge is 2.17. The van der Waals surface area contributed by atoms with E-state index in [0.717, 1.165) is 22.2 Å². The molecular weight excluding hydrogens is 262 g/mol. The van der Waals surface area contributed by atoms with Gasteiger partial charge in [-0.15, -0.1) is 5.10 Å². The topological polar surface area (TPSA) is 74.9 Å². The molecular formula is C13H13N3O4. The van der Waals surface area contributed by atoms with Gasteiger partial charge in [-0.25, -0.2) is 4.79 Å². The highest BCUT2D eigenvalue weighted by atomic mass is 16.8. The van der Waals surface area contributed by atoms with Gasteiger partial charge in [-0.2, -0.15) is 0 Å². The molecule has 0 saturated heterocycles. The summed E-state index contributed by atoms with van der Waals surface area (Å²) >= 11 is 0. The maximum atomic E-state index is 11.0. The van der Waals surface area contributed by atoms with Crippen LogP contribution in [0.3, 0.4) is 0 Å². The van der Waals surface area contributed by atoms with Crippen LogP contribution in [0.2, 0.25) is 0 Å². The second-order valence-electron chi connectivity index (χ2n) is 4.42. The quantitative estimate of drug-likeness (QED) is 0.599. The molecule has 0 bridgehead atoms. The molecule has 1 aliphatic heterocycles. The summed E-state index contributed by atoms with van der Waals surface area (Å²) in [7, 11) is 1.55. The van der Waals surface area contributed by atoms with Gasteiger partial charge in [0.25, 0.3) is 0 Å². The molecule has 1 aromatic heterocycles. The average molecular weight is 275 g/mol. The standard InChI is InChI=1S/C13H13N3O4/c1-18-8-19-16-12-3-2-9(4-10(12)7-14-16)5-11-6-13(17)20-15-11/h2-4,7H,5-6,8H2,1H3. The zero-order valence-corrected chi connectivity index (χ0v) is 10.9. The van der Waals surface area contributed by atoms with Gasteiger partial charge in [0.1, 0.15) is 5.52 Å². The van der Waals surface area contributed by atoms with E-state index in [0.29, 0.717) is 6.42 Å². The molecule has 0 fully saturated rings. The zero-order valence-electron chi connectivity index (χ0n) is 10.9. The number of nitrogens with zero attached hydrogens (tertiary/aromatic N) is 3. The molecule has 104 valence electrons. The Labute approximate surface area is 114 Å². The summed E-state index contributed by atoms with van der Waals surface area (Å²) in [5.74, 6) is -0.304. The van der Waals surface area contributed by atoms with E-state index < -0.39 is 0 Å². The van der Waals surface area contributed by atoms with Crippen molar-refractivity contribution in [3.05, 3.63) is 30.0 Å². The van der Waals surface area contributed by atoms with Crippen molar-refractivity contribution in [3.63, 3.8) is 0 Å². The second-order valence-corrected chi connectivity index (χ2v) is 4.42. The van der Waals surface area contributed by atoms with E-state index in [1.54, 1.807) is 13.3 Å². The van der Waals surface area contributed by atoms with E-state index >= 15 is 0 Å². The van der Waals surface area contributed by atoms with Gasteiger partial charge in [-0.05, 0) is 17.7 Å². The largest absolute Gasteiger partial charge is 0.367 e. The van der Waals surface area contributed by atoms with E-state index in [4.69, 9.17) is 9.57 Å². The fraction of sp³-hybridized carbons (Fsp3) is 0.308. The van der Waals surface area contributed by atoms with Crippen LogP contribution in [0.5, 0.6) is 0 Å². The van der Waals surface area contributed by atoms with Crippen molar-refractivity contribution >= 4 is 22.6 Å². The van der Waals surface area contributed by atoms with Gasteiger partial charge < -0.3 is 14.4 Å². The van der Waals surface area contributed by atoms with Crippen molar-refractivity contribution in [2.75, 3.05) is 13.9 Å². The molecule has 20 heavy (non-hydrogen) atoms. The summed E-state index contributed by atoms with van der Waals surface area (Å²) in [5, 5.41) is 8.81. The van der Waals surface area contributed by atoms with Gasteiger partial charge in [0.05, 0.1) is 18.3 Å². The summed E-state index contributed by atoms with van der Waals surface area (Å²) in [6.07, 6.45) is 2.56. The number of hydrogen-bond donors (Lipinski definition) is 0. The van der Waals surface area contributed by atoms with Crippen LogP contribution in [0.4, 0.5) is 0 Å². The van der Waals surface area contributed by atoms with E-state index in [2.05, 4.69) is 15.1 Å². The number of carbonyl (C=O) groups excluding carboxylic acids is 1. The van der Waals surface area contributed by atoms with E-state index in [9.17, 15) is 4.79 Å². The number of rotatable bonds is 5. The Kier molecular flexibility index (Phi) is 3.34. The lowest BCUT2D eigenvalue weighted by molar-refractivity contribution is -0.140. The molecule has 1 aromatic carbocycles. The number of oxime groups is 1. The Morgan fingerprint density at radius 1 is 1.45 bits per heavy atom. The van der Waals surface area contributed by atoms with E-state index in [1.807, 2.05) is 18.2 Å². The molecule has 0 atom stereocenters. The predicted octanol–water partition coefficient (Wildman–Crippen LogP) is 0.914. The molecule has 0 saturated carbocycles. The molecule has 0 aliphatic carbocycles. The first-order valence-electron chi connectivity index (χ1n) is 6.11. The molecule has 0 spiro atoms. The van der Waals surface area contributed by atoms with Crippen LogP contribution < -0.4 is 4.84 Å². The third kappa shape index (κ3) is 2.48. The fourth-order valence-corrected chi connectivity index (χ4v) is 2.05. The first-order chi connectivity index (χ1) is 9.76. The van der Waals surface area contributed by atoms with Crippen molar-refractivity contribution in [2.24, 2.45) is 5.16 Å². The maximum absolute atomic E-state index is 11.0. The molecule has 1 aliphatic rings. The number of methoxy groups -OCH3 is 1. The van der Waals surface area contributed by atoms with Crippen LogP contribution >= 0.6 is 0 Å². The average Bonchev–Trinajstić information content (AvgIpc) is 3.03. The van der Waals surface area contributed by atoms with Crippen LogP contribution in [-0.4, -0.2) is 35.5 Å². The lowest BCUT2D eigenvalue weighted by atomic mass is 10.1. The molecule has 2 heterocycles. The maximum Gasteiger partial charge on any atom is 0.340 e. The van der Waals surface area contributed by atoms with Crippen LogP contribution in [0.15, 0.2) is 29.6 Å². The summed E-state index contributed by atoms with van der Waals surface area (Å²) in [6.45, 7) is 0.134. The second kappa shape index (κ2) is 5.30. The van der Waals surface area contributed by atoms with Gasteiger partial charge in [0.2, 0.25) is 6.79 Å². The normalized spacial score (nSPS) is 14.4. The number of carbonyl (C=O) groups is 1. The summed E-state index contributed by atoms with van der Waals surface area (Å²) < 4.78 is 4.84. The van der Waals surface area contributed by atoms with Gasteiger partial charge in [-0.3, -0.25) is 0 Å². The number of aromatic nitrogens is 2. The van der Waals surface area contributed by atoms with Crippen LogP contribution in [0, 0.1) is 0 Å². The SMILES string of the molecule is COCOn1ncc2cc(CC3=NOC(=O)C3)ccc21. The lowest BCUT2D eigenvalue weighted by Crippen LogP contribution is -2.14. The first kappa shape index (κ1) is 12.6. The van der Waals surface area contributed by atoms with Crippen LogP contribution in [-0.2, 0) is 20.8 Å². The lowest BCUT2D eigenvalue weighted by Gasteiger charge is -2.05.